The van der Waals surface area contributed by atoms with Gasteiger partial charge in [-0.25, -0.2) is 14.2 Å². The molecular weight excluding hydrogens is 622 g/mol. The molecule has 44 heavy (non-hydrogen) atoms. The molecule has 3 aromatic rings. The molecule has 1 unspecified atom stereocenters. The quantitative estimate of drug-likeness (QED) is 0.172. The molecule has 1 fully saturated rings. The molecule has 232 valence electrons. The van der Waals surface area contributed by atoms with Gasteiger partial charge in [0.15, 0.2) is 5.60 Å². The van der Waals surface area contributed by atoms with E-state index in [1.54, 1.807) is 34.9 Å². The minimum absolute atomic E-state index is 0.102. The second-order valence-corrected chi connectivity index (χ2v) is 16.0. The number of nitrogens with zero attached hydrogens (tertiary/aromatic N) is 2. The molecule has 4 heterocycles. The molecule has 2 aromatic heterocycles. The summed E-state index contributed by atoms with van der Waals surface area (Å²) < 4.78 is 28.1. The van der Waals surface area contributed by atoms with Crippen LogP contribution in [0.2, 0.25) is 0 Å². The highest BCUT2D eigenvalue weighted by Crippen LogP contribution is 2.46. The fourth-order valence-electron chi connectivity index (χ4n) is 7.39. The number of carbonyl (C=O) groups is 1. The highest BCUT2D eigenvalue weighted by atomic mass is 33.3. The average Bonchev–Trinajstić information content (AvgIpc) is 3.38. The molecule has 4 aliphatic rings. The molecule has 3 N–H and O–H groups in total. The van der Waals surface area contributed by atoms with Gasteiger partial charge in [0.1, 0.15) is 18.5 Å². The summed E-state index contributed by atoms with van der Waals surface area (Å²) >= 11 is 0. The van der Waals surface area contributed by atoms with E-state index in [1.165, 1.54) is 6.07 Å². The SMILES string of the molecule is CC[C@@]1(O)C(=N)OCc2c1cc1n(c2=O)Cc2c-1nc1cc(F)c(C)c3c1c2[C@@H](NC(=O)OC1CCC(SSP)CC1)CC3. The molecular formula is C31H34FN4O5PS2. The molecule has 0 saturated heterocycles. The number of aliphatic hydroxyl groups is 1. The number of aryl methyl sites for hydroxylation is 1. The second-order valence-electron chi connectivity index (χ2n) is 12.1. The summed E-state index contributed by atoms with van der Waals surface area (Å²) in [7, 11) is 6.21. The molecule has 1 amide bonds. The number of nitrogens with one attached hydrogen (secondary N) is 2. The van der Waals surface area contributed by atoms with Crippen molar-refractivity contribution in [3.63, 3.8) is 0 Å². The smallest absolute Gasteiger partial charge is 0.407 e. The highest BCUT2D eigenvalue weighted by Gasteiger charge is 2.44. The largest absolute Gasteiger partial charge is 0.474 e. The molecule has 1 saturated carbocycles. The summed E-state index contributed by atoms with van der Waals surface area (Å²) in [6.07, 6.45) is 4.31. The van der Waals surface area contributed by atoms with E-state index in [0.29, 0.717) is 51.7 Å². The van der Waals surface area contributed by atoms with Gasteiger partial charge < -0.3 is 24.5 Å². The van der Waals surface area contributed by atoms with Gasteiger partial charge in [0.2, 0.25) is 5.90 Å². The van der Waals surface area contributed by atoms with Crippen molar-refractivity contribution in [2.45, 2.75) is 94.9 Å². The predicted molar refractivity (Wildman–Crippen MR) is 174 cm³/mol. The summed E-state index contributed by atoms with van der Waals surface area (Å²) in [5.74, 6) is -0.644. The van der Waals surface area contributed by atoms with Crippen LogP contribution in [0.15, 0.2) is 16.9 Å². The van der Waals surface area contributed by atoms with E-state index in [0.717, 1.165) is 47.8 Å². The normalized spacial score (nSPS) is 25.2. The lowest BCUT2D eigenvalue weighted by molar-refractivity contribution is 0.0529. The van der Waals surface area contributed by atoms with E-state index in [4.69, 9.17) is 19.9 Å². The molecule has 13 heteroatoms. The Morgan fingerprint density at radius 1 is 1.27 bits per heavy atom. The van der Waals surface area contributed by atoms with Crippen molar-refractivity contribution < 1.29 is 23.8 Å². The van der Waals surface area contributed by atoms with E-state index in [1.807, 2.05) is 10.8 Å². The van der Waals surface area contributed by atoms with Crippen LogP contribution >= 0.6 is 29.6 Å². The Bertz CT molecular complexity index is 1790. The number of pyridine rings is 2. The van der Waals surface area contributed by atoms with Gasteiger partial charge in [-0.05, 0) is 74.6 Å². The van der Waals surface area contributed by atoms with Crippen LogP contribution in [-0.4, -0.2) is 38.0 Å². The fraction of sp³-hybridized carbons (Fsp3) is 0.484. The van der Waals surface area contributed by atoms with Crippen molar-refractivity contribution >= 4 is 52.5 Å². The maximum atomic E-state index is 15.2. The zero-order valence-corrected chi connectivity index (χ0v) is 27.3. The Morgan fingerprint density at radius 2 is 2.05 bits per heavy atom. The van der Waals surface area contributed by atoms with Gasteiger partial charge in [0.25, 0.3) is 5.56 Å². The monoisotopic (exact) mass is 656 g/mol. The molecule has 0 radical (unpaired) electrons. The van der Waals surface area contributed by atoms with Crippen molar-refractivity contribution in [3.05, 3.63) is 61.7 Å². The Labute approximate surface area is 263 Å². The minimum Gasteiger partial charge on any atom is -0.474 e. The van der Waals surface area contributed by atoms with E-state index in [9.17, 15) is 14.7 Å². The summed E-state index contributed by atoms with van der Waals surface area (Å²) in [5.41, 5.74) is 3.13. The summed E-state index contributed by atoms with van der Waals surface area (Å²) in [4.78, 5) is 32.0. The topological polar surface area (TPSA) is 127 Å². The maximum Gasteiger partial charge on any atom is 0.407 e. The first-order chi connectivity index (χ1) is 21.1. The zero-order valence-electron chi connectivity index (χ0n) is 24.5. The lowest BCUT2D eigenvalue weighted by Crippen LogP contribution is -2.44. The summed E-state index contributed by atoms with van der Waals surface area (Å²) in [6.45, 7) is 3.62. The van der Waals surface area contributed by atoms with Gasteiger partial charge in [0, 0.05) is 27.8 Å². The molecule has 3 atom stereocenters. The average molecular weight is 657 g/mol. The highest BCUT2D eigenvalue weighted by molar-refractivity contribution is 8.94. The molecule has 0 spiro atoms. The second kappa shape index (κ2) is 11.3. The van der Waals surface area contributed by atoms with E-state index >= 15 is 4.39 Å². The minimum atomic E-state index is -1.73. The van der Waals surface area contributed by atoms with E-state index < -0.39 is 17.7 Å². The van der Waals surface area contributed by atoms with Gasteiger partial charge in [-0.2, -0.15) is 0 Å². The molecule has 7 rings (SSSR count). The first-order valence-electron chi connectivity index (χ1n) is 15.0. The number of ether oxygens (including phenoxy) is 2. The van der Waals surface area contributed by atoms with Crippen molar-refractivity contribution in [2.24, 2.45) is 0 Å². The lowest BCUT2D eigenvalue weighted by Gasteiger charge is -2.33. The number of benzene rings is 1. The number of aromatic nitrogens is 2. The number of fused-ring (bicyclic) bond motifs is 5. The van der Waals surface area contributed by atoms with Crippen LogP contribution in [0.1, 0.15) is 84.9 Å². The third-order valence-corrected chi connectivity index (χ3v) is 12.8. The zero-order chi connectivity index (χ0) is 30.9. The lowest BCUT2D eigenvalue weighted by atomic mass is 9.81. The van der Waals surface area contributed by atoms with Crippen LogP contribution in [-0.2, 0) is 34.6 Å². The van der Waals surface area contributed by atoms with Crippen LogP contribution in [0.4, 0.5) is 9.18 Å². The molecule has 2 aliphatic heterocycles. The first-order valence-corrected chi connectivity index (χ1v) is 18.7. The fourth-order valence-corrected chi connectivity index (χ4v) is 10.5. The van der Waals surface area contributed by atoms with E-state index in [-0.39, 0.29) is 43.0 Å². The van der Waals surface area contributed by atoms with Crippen molar-refractivity contribution in [3.8, 4) is 11.4 Å². The molecule has 0 bridgehead atoms. The maximum absolute atomic E-state index is 15.2. The van der Waals surface area contributed by atoms with Crippen molar-refractivity contribution in [1.29, 1.82) is 5.41 Å². The molecule has 1 aromatic carbocycles. The Hall–Kier alpha value is -2.66. The number of alkyl carbamates (subject to hydrolysis) is 1. The van der Waals surface area contributed by atoms with Gasteiger partial charge in [-0.3, -0.25) is 10.2 Å². The Morgan fingerprint density at radius 3 is 2.77 bits per heavy atom. The van der Waals surface area contributed by atoms with Crippen LogP contribution in [0.3, 0.4) is 0 Å². The van der Waals surface area contributed by atoms with Gasteiger partial charge >= 0.3 is 6.09 Å². The molecule has 2 aliphatic carbocycles. The summed E-state index contributed by atoms with van der Waals surface area (Å²) in [6, 6.07) is 2.74. The molecule has 9 nitrogen and oxygen atoms in total. The Kier molecular flexibility index (Phi) is 7.71. The summed E-state index contributed by atoms with van der Waals surface area (Å²) in [5, 5.41) is 24.1. The van der Waals surface area contributed by atoms with Gasteiger partial charge in [-0.1, -0.05) is 36.6 Å². The standard InChI is InChI=1S/C31H34FN4O5PS2/c1-3-31(39)20-10-24-27-18(12-36(24)28(37)19(20)13-40-29(31)33)26-22(9-8-17-14(2)21(32)11-23(34-27)25(17)26)35-30(38)41-15-4-6-16(7-5-15)43-44-42/h10-11,15-16,22,33,39H,3-9,12-13,42H2,1-2H3,(H,35,38)/t15?,16?,22-,31-/m0/s1. The number of hydrogen-bond donors (Lipinski definition) is 3. The number of rotatable bonds is 5. The predicted octanol–water partition coefficient (Wildman–Crippen LogP) is 6.17. The number of hydrogen-bond acceptors (Lipinski definition) is 9. The van der Waals surface area contributed by atoms with Crippen molar-refractivity contribution in [2.75, 3.05) is 0 Å². The van der Waals surface area contributed by atoms with Crippen LogP contribution in [0.25, 0.3) is 22.3 Å². The van der Waals surface area contributed by atoms with Crippen LogP contribution in [0, 0.1) is 18.2 Å². The number of carbonyl (C=O) groups excluding carboxylic acids is 1. The van der Waals surface area contributed by atoms with E-state index in [2.05, 4.69) is 13.8 Å². The van der Waals surface area contributed by atoms with Gasteiger partial charge in [-0.15, -0.1) is 0 Å². The third-order valence-electron chi connectivity index (χ3n) is 9.81. The Balaban J connectivity index is 1.30. The van der Waals surface area contributed by atoms with Crippen LogP contribution in [0.5, 0.6) is 0 Å². The number of halogens is 1. The number of amides is 1. The van der Waals surface area contributed by atoms with Gasteiger partial charge in [0.05, 0.1) is 35.1 Å². The first kappa shape index (κ1) is 30.0. The third kappa shape index (κ3) is 4.66. The van der Waals surface area contributed by atoms with Crippen molar-refractivity contribution in [1.82, 2.24) is 14.9 Å². The van der Waals surface area contributed by atoms with Crippen LogP contribution < -0.4 is 10.9 Å².